The van der Waals surface area contributed by atoms with E-state index in [-0.39, 0.29) is 10.6 Å². The zero-order valence-corrected chi connectivity index (χ0v) is 12.4. The molecule has 0 aliphatic rings. The molecule has 1 unspecified atom stereocenters. The second-order valence-electron chi connectivity index (χ2n) is 3.86. The van der Waals surface area contributed by atoms with Crippen molar-refractivity contribution in [2.24, 2.45) is 0 Å². The first-order valence-corrected chi connectivity index (χ1v) is 6.72. The summed E-state index contributed by atoms with van der Waals surface area (Å²) in [6, 6.07) is 6.46. The summed E-state index contributed by atoms with van der Waals surface area (Å²) in [5, 5.41) is 10.7. The van der Waals surface area contributed by atoms with Gasteiger partial charge in [0.1, 0.15) is 6.10 Å². The van der Waals surface area contributed by atoms with Crippen LogP contribution in [0.1, 0.15) is 17.2 Å². The molecule has 0 fully saturated rings. The number of hydrogen-bond donors (Lipinski definition) is 1. The van der Waals surface area contributed by atoms with Gasteiger partial charge < -0.3 is 5.11 Å². The van der Waals surface area contributed by atoms with Crippen molar-refractivity contribution in [2.75, 3.05) is 0 Å². The summed E-state index contributed by atoms with van der Waals surface area (Å²) >= 11 is 14.9. The third-order valence-electron chi connectivity index (χ3n) is 2.59. The Hall–Kier alpha value is -0.680. The highest BCUT2D eigenvalue weighted by molar-refractivity contribution is 9.10. The minimum atomic E-state index is -1.19. The molecule has 0 amide bonds. The van der Waals surface area contributed by atoms with E-state index in [9.17, 15) is 13.9 Å². The van der Waals surface area contributed by atoms with Crippen molar-refractivity contribution in [1.29, 1.82) is 0 Å². The Balaban J connectivity index is 2.49. The fourth-order valence-corrected chi connectivity index (χ4v) is 2.79. The Kier molecular flexibility index (Phi) is 4.46. The monoisotopic (exact) mass is 366 g/mol. The third kappa shape index (κ3) is 3.08. The van der Waals surface area contributed by atoms with E-state index in [1.165, 1.54) is 0 Å². The van der Waals surface area contributed by atoms with Crippen LogP contribution in [0.15, 0.2) is 34.8 Å². The molecule has 0 bridgehead atoms. The predicted molar refractivity (Wildman–Crippen MR) is 74.6 cm³/mol. The Labute approximate surface area is 126 Å². The number of benzene rings is 2. The summed E-state index contributed by atoms with van der Waals surface area (Å²) in [5.41, 5.74) is 0.542. The standard InChI is InChI=1S/C13H7BrCl2F2O/c14-9-3-6(15)1-2-7(9)13(19)8-4-11(17)12(18)5-10(8)16/h1-5,13,19H. The molecule has 0 aliphatic carbocycles. The van der Waals surface area contributed by atoms with Gasteiger partial charge in [-0.05, 0) is 29.8 Å². The zero-order valence-electron chi connectivity index (χ0n) is 9.30. The highest BCUT2D eigenvalue weighted by Gasteiger charge is 2.19. The Morgan fingerprint density at radius 1 is 1.00 bits per heavy atom. The van der Waals surface area contributed by atoms with E-state index in [2.05, 4.69) is 15.9 Å². The minimum absolute atomic E-state index is 0.0479. The first-order valence-electron chi connectivity index (χ1n) is 5.17. The smallest absolute Gasteiger partial charge is 0.160 e. The highest BCUT2D eigenvalue weighted by Crippen LogP contribution is 2.34. The molecule has 19 heavy (non-hydrogen) atoms. The normalized spacial score (nSPS) is 12.5. The fourth-order valence-electron chi connectivity index (χ4n) is 1.64. The molecule has 100 valence electrons. The Morgan fingerprint density at radius 2 is 1.63 bits per heavy atom. The van der Waals surface area contributed by atoms with E-state index in [4.69, 9.17) is 23.2 Å². The Morgan fingerprint density at radius 3 is 2.26 bits per heavy atom. The second-order valence-corrected chi connectivity index (χ2v) is 5.55. The summed E-state index contributed by atoms with van der Waals surface area (Å²) < 4.78 is 26.8. The van der Waals surface area contributed by atoms with Crippen molar-refractivity contribution < 1.29 is 13.9 Å². The van der Waals surface area contributed by atoms with Crippen molar-refractivity contribution in [1.82, 2.24) is 0 Å². The molecular weight excluding hydrogens is 361 g/mol. The average molecular weight is 368 g/mol. The molecule has 0 spiro atoms. The van der Waals surface area contributed by atoms with Crippen LogP contribution in [0, 0.1) is 11.6 Å². The van der Waals surface area contributed by atoms with Crippen LogP contribution in [-0.2, 0) is 0 Å². The third-order valence-corrected chi connectivity index (χ3v) is 3.84. The maximum absolute atomic E-state index is 13.2. The average Bonchev–Trinajstić information content (AvgIpc) is 2.33. The summed E-state index contributed by atoms with van der Waals surface area (Å²) in [5.74, 6) is -2.13. The fraction of sp³-hybridized carbons (Fsp3) is 0.0769. The largest absolute Gasteiger partial charge is 0.384 e. The molecular formula is C13H7BrCl2F2O. The van der Waals surface area contributed by atoms with Gasteiger partial charge in [-0.25, -0.2) is 8.78 Å². The molecule has 1 atom stereocenters. The lowest BCUT2D eigenvalue weighted by atomic mass is 10.0. The quantitative estimate of drug-likeness (QED) is 0.730. The summed E-state index contributed by atoms with van der Waals surface area (Å²) in [4.78, 5) is 0. The lowest BCUT2D eigenvalue weighted by Gasteiger charge is -2.15. The van der Waals surface area contributed by atoms with Crippen LogP contribution in [0.5, 0.6) is 0 Å². The van der Waals surface area contributed by atoms with Gasteiger partial charge in [0, 0.05) is 20.1 Å². The van der Waals surface area contributed by atoms with E-state index >= 15 is 0 Å². The van der Waals surface area contributed by atoms with Crippen LogP contribution in [0.2, 0.25) is 10.0 Å². The molecule has 0 heterocycles. The SMILES string of the molecule is OC(c1cc(F)c(F)cc1Cl)c1ccc(Cl)cc1Br. The molecule has 0 aliphatic heterocycles. The van der Waals surface area contributed by atoms with Crippen LogP contribution in [-0.4, -0.2) is 5.11 Å². The van der Waals surface area contributed by atoms with Crippen molar-refractivity contribution in [3.8, 4) is 0 Å². The van der Waals surface area contributed by atoms with Gasteiger partial charge in [-0.15, -0.1) is 0 Å². The highest BCUT2D eigenvalue weighted by atomic mass is 79.9. The van der Waals surface area contributed by atoms with Crippen LogP contribution >= 0.6 is 39.1 Å². The van der Waals surface area contributed by atoms with E-state index in [1.807, 2.05) is 0 Å². The number of rotatable bonds is 2. The van der Waals surface area contributed by atoms with Gasteiger partial charge in [0.15, 0.2) is 11.6 Å². The van der Waals surface area contributed by atoms with Crippen LogP contribution in [0.3, 0.4) is 0 Å². The van der Waals surface area contributed by atoms with Gasteiger partial charge in [0.25, 0.3) is 0 Å². The van der Waals surface area contributed by atoms with Crippen molar-refractivity contribution >= 4 is 39.1 Å². The molecule has 0 saturated heterocycles. The summed E-state index contributed by atoms with van der Waals surface area (Å²) in [6.45, 7) is 0. The number of halogens is 5. The van der Waals surface area contributed by atoms with Crippen LogP contribution in [0.25, 0.3) is 0 Å². The molecule has 2 aromatic rings. The van der Waals surface area contributed by atoms with Gasteiger partial charge in [0.2, 0.25) is 0 Å². The lowest BCUT2D eigenvalue weighted by Crippen LogP contribution is -2.03. The maximum Gasteiger partial charge on any atom is 0.160 e. The van der Waals surface area contributed by atoms with Crippen LogP contribution < -0.4 is 0 Å². The maximum atomic E-state index is 13.2. The van der Waals surface area contributed by atoms with Gasteiger partial charge in [-0.3, -0.25) is 0 Å². The first-order chi connectivity index (χ1) is 8.90. The predicted octanol–water partition coefficient (Wildman–Crippen LogP) is 5.12. The van der Waals surface area contributed by atoms with Gasteiger partial charge in [0.05, 0.1) is 0 Å². The molecule has 0 aromatic heterocycles. The molecule has 1 nitrogen and oxygen atoms in total. The number of aliphatic hydroxyl groups excluding tert-OH is 1. The van der Waals surface area contributed by atoms with E-state index < -0.39 is 17.7 Å². The van der Waals surface area contributed by atoms with E-state index in [0.29, 0.717) is 15.1 Å². The van der Waals surface area contributed by atoms with E-state index in [1.54, 1.807) is 18.2 Å². The van der Waals surface area contributed by atoms with Crippen LogP contribution in [0.4, 0.5) is 8.78 Å². The second kappa shape index (κ2) is 5.75. The van der Waals surface area contributed by atoms with Crippen molar-refractivity contribution in [3.63, 3.8) is 0 Å². The number of hydrogen-bond acceptors (Lipinski definition) is 1. The molecule has 0 radical (unpaired) electrons. The topological polar surface area (TPSA) is 20.2 Å². The van der Waals surface area contributed by atoms with Crippen molar-refractivity contribution in [3.05, 3.63) is 67.6 Å². The summed E-state index contributed by atoms with van der Waals surface area (Å²) in [7, 11) is 0. The van der Waals surface area contributed by atoms with Crippen molar-refractivity contribution in [2.45, 2.75) is 6.10 Å². The number of aliphatic hydroxyl groups is 1. The molecule has 2 aromatic carbocycles. The molecule has 0 saturated carbocycles. The molecule has 1 N–H and O–H groups in total. The zero-order chi connectivity index (χ0) is 14.2. The Bertz CT molecular complexity index is 634. The van der Waals surface area contributed by atoms with E-state index in [0.717, 1.165) is 12.1 Å². The van der Waals surface area contributed by atoms with Gasteiger partial charge in [-0.2, -0.15) is 0 Å². The van der Waals surface area contributed by atoms with Gasteiger partial charge in [-0.1, -0.05) is 45.2 Å². The minimum Gasteiger partial charge on any atom is -0.384 e. The molecule has 2 rings (SSSR count). The first kappa shape index (κ1) is 14.7. The summed E-state index contributed by atoms with van der Waals surface area (Å²) in [6.07, 6.45) is -1.19. The van der Waals surface area contributed by atoms with Gasteiger partial charge >= 0.3 is 0 Å². The lowest BCUT2D eigenvalue weighted by molar-refractivity contribution is 0.219. The molecule has 6 heteroatoms.